The molecular weight excluding hydrogens is 205 g/mol. The molecule has 0 spiro atoms. The van der Waals surface area contributed by atoms with E-state index in [1.54, 1.807) is 24.3 Å². The minimum Gasteiger partial charge on any atom is -0.412 e. The van der Waals surface area contributed by atoms with Crippen LogP contribution >= 0.6 is 0 Å². The molecule has 7 heteroatoms. The van der Waals surface area contributed by atoms with Gasteiger partial charge in [0.15, 0.2) is 9.87 Å². The third kappa shape index (κ3) is 4.98. The third-order valence-corrected chi connectivity index (χ3v) is 2.53. The summed E-state index contributed by atoms with van der Waals surface area (Å²) in [5.74, 6) is 0. The molecule has 1 aromatic rings. The Hall–Kier alpha value is -0.885. The first-order valence-corrected chi connectivity index (χ1v) is 5.02. The summed E-state index contributed by atoms with van der Waals surface area (Å²) in [6, 6.07) is 8.88. The summed E-state index contributed by atoms with van der Waals surface area (Å²) in [5, 5.41) is 0. The quantitative estimate of drug-likeness (QED) is 0.582. The van der Waals surface area contributed by atoms with Crippen LogP contribution in [0.2, 0.25) is 0 Å². The molecule has 5 N–H and O–H groups in total. The summed E-state index contributed by atoms with van der Waals surface area (Å²) in [4.78, 5) is 0. The van der Waals surface area contributed by atoms with E-state index >= 15 is 0 Å². The SMILES string of the molecule is CNS(=O)(=O)[B]c1ccccc1.O.O. The van der Waals surface area contributed by atoms with Gasteiger partial charge >= 0.3 is 6.56 Å². The summed E-state index contributed by atoms with van der Waals surface area (Å²) < 4.78 is 24.2. The van der Waals surface area contributed by atoms with Crippen molar-refractivity contribution in [2.45, 2.75) is 0 Å². The molecule has 0 atom stereocenters. The van der Waals surface area contributed by atoms with E-state index < -0.39 is 9.87 Å². The molecule has 0 aliphatic rings. The maximum Gasteiger partial charge on any atom is 0.337 e. The molecule has 1 radical (unpaired) electrons. The highest BCUT2D eigenvalue weighted by Crippen LogP contribution is 1.84. The van der Waals surface area contributed by atoms with Gasteiger partial charge in [-0.2, -0.15) is 0 Å². The lowest BCUT2D eigenvalue weighted by molar-refractivity contribution is 0.602. The van der Waals surface area contributed by atoms with Gasteiger partial charge in [0.2, 0.25) is 0 Å². The van der Waals surface area contributed by atoms with Crippen molar-refractivity contribution in [1.29, 1.82) is 0 Å². The fourth-order valence-corrected chi connectivity index (χ4v) is 1.40. The Labute approximate surface area is 84.0 Å². The maximum absolute atomic E-state index is 11.0. The van der Waals surface area contributed by atoms with Crippen LogP contribution in [0.5, 0.6) is 0 Å². The molecule has 5 nitrogen and oxygen atoms in total. The maximum atomic E-state index is 11.0. The van der Waals surface area contributed by atoms with Crippen molar-refractivity contribution in [2.24, 2.45) is 0 Å². The van der Waals surface area contributed by atoms with Crippen LogP contribution in [0.15, 0.2) is 30.3 Å². The zero-order valence-corrected chi connectivity index (χ0v) is 8.51. The highest BCUT2D eigenvalue weighted by atomic mass is 32.2. The van der Waals surface area contributed by atoms with Crippen molar-refractivity contribution < 1.29 is 19.4 Å². The molecular formula is C7H13BNO4S. The highest BCUT2D eigenvalue weighted by molar-refractivity contribution is 8.14. The molecule has 0 aliphatic carbocycles. The van der Waals surface area contributed by atoms with E-state index in [9.17, 15) is 8.42 Å². The molecule has 0 aliphatic heterocycles. The Balaban J connectivity index is 0. The van der Waals surface area contributed by atoms with Gasteiger partial charge in [-0.25, -0.2) is 13.1 Å². The molecule has 14 heavy (non-hydrogen) atoms. The second kappa shape index (κ2) is 6.55. The Bertz CT molecular complexity index is 340. The molecule has 0 unspecified atom stereocenters. The minimum atomic E-state index is -3.25. The molecule has 0 heterocycles. The normalized spacial score (nSPS) is 9.50. The standard InChI is InChI=1S/C7H9BNO2S.2H2O/c1-9-12(10,11)8-7-5-3-2-4-6-7;;/h2-6,9H,1H3;2*1H2. The van der Waals surface area contributed by atoms with Gasteiger partial charge in [-0.15, -0.1) is 0 Å². The third-order valence-electron chi connectivity index (χ3n) is 1.38. The largest absolute Gasteiger partial charge is 0.412 e. The van der Waals surface area contributed by atoms with Crippen LogP contribution in [-0.4, -0.2) is 33.0 Å². The fraction of sp³-hybridized carbons (Fsp3) is 0.143. The topological polar surface area (TPSA) is 109 Å². The smallest absolute Gasteiger partial charge is 0.337 e. The monoisotopic (exact) mass is 218 g/mol. The van der Waals surface area contributed by atoms with Gasteiger partial charge in [0.1, 0.15) is 0 Å². The van der Waals surface area contributed by atoms with Crippen LogP contribution in [0, 0.1) is 0 Å². The van der Waals surface area contributed by atoms with E-state index in [0.717, 1.165) is 0 Å². The Morgan fingerprint density at radius 1 is 1.14 bits per heavy atom. The van der Waals surface area contributed by atoms with E-state index in [0.29, 0.717) is 5.46 Å². The summed E-state index contributed by atoms with van der Waals surface area (Å²) >= 11 is 0. The number of rotatable bonds is 3. The van der Waals surface area contributed by atoms with Gasteiger partial charge in [0.05, 0.1) is 0 Å². The van der Waals surface area contributed by atoms with E-state index in [4.69, 9.17) is 0 Å². The average molecular weight is 218 g/mol. The first kappa shape index (κ1) is 15.6. The lowest BCUT2D eigenvalue weighted by Crippen LogP contribution is -2.32. The number of nitrogens with one attached hydrogen (secondary N) is 1. The van der Waals surface area contributed by atoms with Crippen molar-refractivity contribution in [3.05, 3.63) is 30.3 Å². The molecule has 0 aromatic heterocycles. The Morgan fingerprint density at radius 3 is 2.07 bits per heavy atom. The van der Waals surface area contributed by atoms with Crippen molar-refractivity contribution >= 4 is 21.9 Å². The number of benzene rings is 1. The first-order chi connectivity index (χ1) is 5.64. The highest BCUT2D eigenvalue weighted by Gasteiger charge is 2.10. The van der Waals surface area contributed by atoms with E-state index in [2.05, 4.69) is 4.72 Å². The van der Waals surface area contributed by atoms with Gasteiger partial charge in [0, 0.05) is 0 Å². The molecule has 0 saturated heterocycles. The molecule has 0 fully saturated rings. The summed E-state index contributed by atoms with van der Waals surface area (Å²) in [5.41, 5.74) is 0.673. The Morgan fingerprint density at radius 2 is 1.64 bits per heavy atom. The van der Waals surface area contributed by atoms with Crippen LogP contribution in [0.3, 0.4) is 0 Å². The van der Waals surface area contributed by atoms with Gasteiger partial charge in [-0.05, 0) is 7.05 Å². The van der Waals surface area contributed by atoms with Gasteiger partial charge in [-0.3, -0.25) is 0 Å². The summed E-state index contributed by atoms with van der Waals surface area (Å²) in [6.45, 7) is 1.19. The van der Waals surface area contributed by atoms with Crippen LogP contribution in [0.1, 0.15) is 0 Å². The van der Waals surface area contributed by atoms with Gasteiger partial charge in [-0.1, -0.05) is 35.8 Å². The lowest BCUT2D eigenvalue weighted by Gasteiger charge is -1.99. The van der Waals surface area contributed by atoms with Crippen molar-refractivity contribution in [3.8, 4) is 0 Å². The summed E-state index contributed by atoms with van der Waals surface area (Å²) in [6.07, 6.45) is 0. The van der Waals surface area contributed by atoms with Crippen LogP contribution in [0.4, 0.5) is 0 Å². The van der Waals surface area contributed by atoms with Crippen molar-refractivity contribution in [3.63, 3.8) is 0 Å². The van der Waals surface area contributed by atoms with E-state index in [1.165, 1.54) is 13.6 Å². The summed E-state index contributed by atoms with van der Waals surface area (Å²) in [7, 11) is -1.86. The zero-order valence-electron chi connectivity index (χ0n) is 7.69. The molecule has 0 amide bonds. The molecule has 0 saturated carbocycles. The molecule has 1 rings (SSSR count). The number of hydrogen-bond donors (Lipinski definition) is 1. The Kier molecular flexibility index (Phi) is 7.29. The minimum absolute atomic E-state index is 0. The average Bonchev–Trinajstić information content (AvgIpc) is 2.06. The van der Waals surface area contributed by atoms with Gasteiger partial charge in [0.25, 0.3) is 0 Å². The molecule has 79 valence electrons. The van der Waals surface area contributed by atoms with Crippen LogP contribution in [-0.2, 0) is 9.87 Å². The number of hydrogen-bond acceptors (Lipinski definition) is 2. The van der Waals surface area contributed by atoms with Gasteiger partial charge < -0.3 is 11.0 Å². The molecule has 0 bridgehead atoms. The zero-order chi connectivity index (χ0) is 9.03. The van der Waals surface area contributed by atoms with E-state index in [1.807, 2.05) is 6.07 Å². The predicted octanol–water partition coefficient (Wildman–Crippen LogP) is -2.17. The van der Waals surface area contributed by atoms with Crippen LogP contribution < -0.4 is 10.2 Å². The predicted molar refractivity (Wildman–Crippen MR) is 57.0 cm³/mol. The lowest BCUT2D eigenvalue weighted by atomic mass is 9.95. The van der Waals surface area contributed by atoms with Crippen LogP contribution in [0.25, 0.3) is 0 Å². The fourth-order valence-electron chi connectivity index (χ4n) is 0.770. The van der Waals surface area contributed by atoms with Crippen molar-refractivity contribution in [1.82, 2.24) is 4.72 Å². The second-order valence-corrected chi connectivity index (χ2v) is 4.01. The first-order valence-electron chi connectivity index (χ1n) is 3.47. The molecule has 1 aromatic carbocycles. The second-order valence-electron chi connectivity index (χ2n) is 2.28. The van der Waals surface area contributed by atoms with Crippen molar-refractivity contribution in [2.75, 3.05) is 7.05 Å². The van der Waals surface area contributed by atoms with E-state index in [-0.39, 0.29) is 11.0 Å².